The van der Waals surface area contributed by atoms with E-state index in [1.165, 1.54) is 7.11 Å². The monoisotopic (exact) mass is 700 g/mol. The minimum absolute atomic E-state index is 0.00867. The third-order valence-corrected chi connectivity index (χ3v) is 12.9. The van der Waals surface area contributed by atoms with Crippen LogP contribution in [0.2, 0.25) is 0 Å². The van der Waals surface area contributed by atoms with Crippen LogP contribution < -0.4 is 0 Å². The first-order chi connectivity index (χ1) is 23.2. The molecule has 282 valence electrons. The Morgan fingerprint density at radius 1 is 0.920 bits per heavy atom. The average Bonchev–Trinajstić information content (AvgIpc) is 3.01. The van der Waals surface area contributed by atoms with E-state index in [9.17, 15) is 34.5 Å². The summed E-state index contributed by atoms with van der Waals surface area (Å²) < 4.78 is 11.9. The first-order valence-corrected chi connectivity index (χ1v) is 19.1. The number of carbonyl (C=O) groups excluding carboxylic acids is 4. The minimum atomic E-state index is -1.68. The van der Waals surface area contributed by atoms with Gasteiger partial charge in [-0.05, 0) is 83.6 Å². The number of aliphatic hydroxyl groups excluding tert-OH is 1. The van der Waals surface area contributed by atoms with Gasteiger partial charge in [0.05, 0.1) is 42.0 Å². The van der Waals surface area contributed by atoms with E-state index in [1.807, 2.05) is 47.6 Å². The summed E-state index contributed by atoms with van der Waals surface area (Å²) in [4.78, 5) is 57.4. The first-order valence-electron chi connectivity index (χ1n) is 19.1. The summed E-state index contributed by atoms with van der Waals surface area (Å²) in [6, 6.07) is 0. The normalized spacial score (nSPS) is 41.6. The lowest BCUT2D eigenvalue weighted by Gasteiger charge is -2.50. The molecule has 0 aromatic rings. The number of rotatable bonds is 2. The Bertz CT molecular complexity index is 1360. The van der Waals surface area contributed by atoms with Crippen molar-refractivity contribution in [3.05, 3.63) is 22.8 Å². The number of fused-ring (bicyclic) bond motifs is 5. The molecule has 1 saturated heterocycles. The van der Waals surface area contributed by atoms with Crippen LogP contribution in [0.3, 0.4) is 0 Å². The molecule has 2 bridgehead atoms. The molecule has 2 aliphatic heterocycles. The molecule has 0 unspecified atom stereocenters. The van der Waals surface area contributed by atoms with Crippen LogP contribution in [0.1, 0.15) is 132 Å². The van der Waals surface area contributed by atoms with Gasteiger partial charge in [0, 0.05) is 49.4 Å². The van der Waals surface area contributed by atoms with Crippen LogP contribution in [0.25, 0.3) is 0 Å². The van der Waals surface area contributed by atoms with Crippen LogP contribution in [0.4, 0.5) is 0 Å². The van der Waals surface area contributed by atoms with Gasteiger partial charge in [-0.3, -0.25) is 19.2 Å². The van der Waals surface area contributed by atoms with Gasteiger partial charge in [0.2, 0.25) is 0 Å². The maximum Gasteiger partial charge on any atom is 0.313 e. The van der Waals surface area contributed by atoms with Gasteiger partial charge in [-0.15, -0.1) is 0 Å². The molecule has 3 N–H and O–H groups in total. The Kier molecular flexibility index (Phi) is 12.8. The summed E-state index contributed by atoms with van der Waals surface area (Å²) in [6.45, 7) is 14.9. The molecule has 50 heavy (non-hydrogen) atoms. The van der Waals surface area contributed by atoms with Gasteiger partial charge in [-0.1, -0.05) is 57.8 Å². The van der Waals surface area contributed by atoms with Gasteiger partial charge in [-0.2, -0.15) is 0 Å². The molecule has 0 amide bonds. The zero-order chi connectivity index (χ0) is 37.3. The number of Topliss-reactive ketones (excluding diaryl/α,β-unsaturated/α-hetero) is 3. The topological polar surface area (TPSA) is 147 Å². The van der Waals surface area contributed by atoms with Crippen molar-refractivity contribution in [1.29, 1.82) is 0 Å². The molecule has 0 aromatic carbocycles. The van der Waals surface area contributed by atoms with Crippen molar-refractivity contribution in [1.82, 2.24) is 0 Å². The second-order valence-corrected chi connectivity index (χ2v) is 17.4. The van der Waals surface area contributed by atoms with E-state index in [1.54, 1.807) is 13.8 Å². The fourth-order valence-electron chi connectivity index (χ4n) is 9.53. The lowest BCUT2D eigenvalue weighted by molar-refractivity contribution is -0.219. The summed E-state index contributed by atoms with van der Waals surface area (Å²) in [5.41, 5.74) is -2.13. The molecule has 0 aromatic heterocycles. The van der Waals surface area contributed by atoms with Gasteiger partial charge in [-0.25, -0.2) is 0 Å². The summed E-state index contributed by atoms with van der Waals surface area (Å²) >= 11 is 0. The van der Waals surface area contributed by atoms with Crippen molar-refractivity contribution in [3.8, 4) is 0 Å². The highest BCUT2D eigenvalue weighted by Gasteiger charge is 2.60. The van der Waals surface area contributed by atoms with Crippen LogP contribution in [-0.4, -0.2) is 75.3 Å². The van der Waals surface area contributed by atoms with Gasteiger partial charge >= 0.3 is 5.97 Å². The van der Waals surface area contributed by atoms with E-state index in [0.29, 0.717) is 37.7 Å². The van der Waals surface area contributed by atoms with E-state index in [-0.39, 0.29) is 67.2 Å². The summed E-state index contributed by atoms with van der Waals surface area (Å²) in [5.74, 6) is -3.84. The number of hydrogen-bond acceptors (Lipinski definition) is 9. The van der Waals surface area contributed by atoms with Crippen molar-refractivity contribution in [2.45, 2.75) is 162 Å². The highest BCUT2D eigenvalue weighted by molar-refractivity contribution is 5.97. The van der Waals surface area contributed by atoms with E-state index in [2.05, 4.69) is 0 Å². The predicted molar refractivity (Wildman–Crippen MR) is 191 cm³/mol. The zero-order valence-electron chi connectivity index (χ0n) is 32.0. The van der Waals surface area contributed by atoms with Gasteiger partial charge in [0.1, 0.15) is 17.3 Å². The van der Waals surface area contributed by atoms with E-state index < -0.39 is 58.7 Å². The van der Waals surface area contributed by atoms with Crippen molar-refractivity contribution in [2.24, 2.45) is 40.9 Å². The third-order valence-electron chi connectivity index (χ3n) is 12.9. The maximum absolute atomic E-state index is 14.7. The van der Waals surface area contributed by atoms with Gasteiger partial charge in [0.15, 0.2) is 0 Å². The molecule has 11 atom stereocenters. The highest BCUT2D eigenvalue weighted by Crippen LogP contribution is 2.56. The molecule has 4 aliphatic rings. The molecule has 2 heterocycles. The number of hydrogen-bond donors (Lipinski definition) is 3. The van der Waals surface area contributed by atoms with E-state index in [0.717, 1.165) is 24.0 Å². The maximum atomic E-state index is 14.7. The Morgan fingerprint density at radius 2 is 1.58 bits per heavy atom. The summed E-state index contributed by atoms with van der Waals surface area (Å²) in [5, 5.41) is 35.3. The Hall–Kier alpha value is -2.20. The van der Waals surface area contributed by atoms with Crippen molar-refractivity contribution in [3.63, 3.8) is 0 Å². The molecule has 1 saturated carbocycles. The van der Waals surface area contributed by atoms with Crippen LogP contribution in [0, 0.1) is 40.9 Å². The molecule has 0 radical (unpaired) electrons. The van der Waals surface area contributed by atoms with Crippen LogP contribution >= 0.6 is 0 Å². The lowest BCUT2D eigenvalue weighted by atomic mass is 9.52. The van der Waals surface area contributed by atoms with E-state index >= 15 is 0 Å². The van der Waals surface area contributed by atoms with Gasteiger partial charge in [0.25, 0.3) is 0 Å². The van der Waals surface area contributed by atoms with Crippen molar-refractivity contribution < 1.29 is 44.0 Å². The molecule has 0 spiro atoms. The van der Waals surface area contributed by atoms with Crippen molar-refractivity contribution >= 4 is 23.3 Å². The Morgan fingerprint density at radius 3 is 2.22 bits per heavy atom. The van der Waals surface area contributed by atoms with Crippen molar-refractivity contribution in [2.75, 3.05) is 7.11 Å². The second-order valence-electron chi connectivity index (χ2n) is 17.4. The molecular formula is C41H64O9. The number of aliphatic hydroxyl groups is 3. The Labute approximate surface area is 299 Å². The largest absolute Gasteiger partial charge is 0.469 e. The first kappa shape index (κ1) is 40.6. The number of esters is 1. The van der Waals surface area contributed by atoms with E-state index in [4.69, 9.17) is 9.47 Å². The number of methoxy groups -OCH3 is 1. The SMILES string of the molecule is COC(=O)[C@]12CC(=O)[C@H](C(C)C)CC(=O)[C@H](C)CCC[C@H](C)CC(=O)[C@H]1CC(C)=C1[C@H](O)C[C@](C)(O)[C@H]3CC[C@@](C)(O)[C@H](CCC(C)=C[C@@H]12)O3. The number of ether oxygens (including phenoxy) is 2. The summed E-state index contributed by atoms with van der Waals surface area (Å²) in [7, 11) is 1.28. The zero-order valence-corrected chi connectivity index (χ0v) is 32.0. The minimum Gasteiger partial charge on any atom is -0.469 e. The highest BCUT2D eigenvalue weighted by atomic mass is 16.5. The number of allylic oxidation sites excluding steroid dienone is 3. The van der Waals surface area contributed by atoms with Crippen LogP contribution in [0.15, 0.2) is 22.8 Å². The fourth-order valence-corrected chi connectivity index (χ4v) is 9.53. The molecule has 2 fully saturated rings. The standard InChI is InChI=1S/C41H64O9/c1-23(2)28-20-31(42)26(5)12-10-11-24(3)18-32(43)29-19-27(6)37-30(41(29,22-33(28)44)38(46)49-9)17-25(4)13-14-35-39(7,47)16-15-36(50-35)40(8,48)21-34(37)45/h17,23-24,26,28-30,34-36,45,47-48H,10-16,18-22H2,1-9H3/t24-,26+,28-,29+,30-,34+,35-,36+,39+,40-,41+/m0/s1. The van der Waals surface area contributed by atoms with Crippen LogP contribution in [-0.2, 0) is 28.7 Å². The number of ketones is 3. The Balaban J connectivity index is 1.98. The second kappa shape index (κ2) is 15.8. The van der Waals surface area contributed by atoms with Crippen LogP contribution in [0.5, 0.6) is 0 Å². The van der Waals surface area contributed by atoms with Gasteiger partial charge < -0.3 is 24.8 Å². The molecule has 2 aliphatic carbocycles. The third kappa shape index (κ3) is 8.37. The molecule has 9 heteroatoms. The number of carbonyl (C=O) groups is 4. The summed E-state index contributed by atoms with van der Waals surface area (Å²) in [6.07, 6.45) is 3.55. The smallest absolute Gasteiger partial charge is 0.313 e. The molecule has 9 nitrogen and oxygen atoms in total. The fraction of sp³-hybridized carbons (Fsp3) is 0.805. The predicted octanol–water partition coefficient (Wildman–Crippen LogP) is 6.25. The quantitative estimate of drug-likeness (QED) is 0.225. The lowest BCUT2D eigenvalue weighted by Crippen LogP contribution is -2.57. The average molecular weight is 701 g/mol. The molecular weight excluding hydrogens is 636 g/mol. The molecule has 4 rings (SSSR count).